The topological polar surface area (TPSA) is 52.6 Å². The molecule has 4 heteroatoms. The molecule has 2 aromatic carbocycles. The lowest BCUT2D eigenvalue weighted by Crippen LogP contribution is -2.14. The van der Waals surface area contributed by atoms with Gasteiger partial charge >= 0.3 is 5.97 Å². The third-order valence-corrected chi connectivity index (χ3v) is 3.81. The van der Waals surface area contributed by atoms with Crippen LogP contribution in [0, 0.1) is 12.8 Å². The van der Waals surface area contributed by atoms with E-state index < -0.39 is 0 Å². The zero-order valence-corrected chi connectivity index (χ0v) is 13.8. The minimum absolute atomic E-state index is 0.171. The molecule has 122 valence electrons. The Balaban J connectivity index is 1.88. The van der Waals surface area contributed by atoms with E-state index in [1.807, 2.05) is 31.2 Å². The second kappa shape index (κ2) is 6.32. The van der Waals surface area contributed by atoms with Crippen LogP contribution in [-0.4, -0.2) is 11.8 Å². The summed E-state index contributed by atoms with van der Waals surface area (Å²) in [5, 5.41) is 0. The summed E-state index contributed by atoms with van der Waals surface area (Å²) < 4.78 is 10.9. The number of carbonyl (C=O) groups excluding carboxylic acids is 2. The number of hydrogen-bond donors (Lipinski definition) is 0. The molecular formula is C20H18O4. The van der Waals surface area contributed by atoms with Crippen LogP contribution >= 0.6 is 0 Å². The van der Waals surface area contributed by atoms with Gasteiger partial charge in [0.1, 0.15) is 11.5 Å². The number of allylic oxidation sites excluding steroid dienone is 1. The van der Waals surface area contributed by atoms with E-state index in [-0.39, 0.29) is 23.4 Å². The Kier molecular flexibility index (Phi) is 4.21. The standard InChI is InChI=1S/C20H18O4/c1-12(2)20(22)23-15-8-9-16-17(11-15)24-18(19(16)21)10-14-7-5-4-6-13(14)3/h4-12H,1-3H3/b18-10+. The fourth-order valence-corrected chi connectivity index (χ4v) is 2.35. The second-order valence-corrected chi connectivity index (χ2v) is 6.03. The van der Waals surface area contributed by atoms with Gasteiger partial charge in [0.05, 0.1) is 11.5 Å². The van der Waals surface area contributed by atoms with Crippen LogP contribution in [0.25, 0.3) is 6.08 Å². The maximum atomic E-state index is 12.5. The zero-order valence-electron chi connectivity index (χ0n) is 13.8. The molecule has 0 saturated carbocycles. The number of esters is 1. The minimum Gasteiger partial charge on any atom is -0.452 e. The molecule has 0 amide bonds. The van der Waals surface area contributed by atoms with E-state index in [0.29, 0.717) is 17.1 Å². The van der Waals surface area contributed by atoms with E-state index >= 15 is 0 Å². The molecule has 0 atom stereocenters. The summed E-state index contributed by atoms with van der Waals surface area (Å²) in [5.41, 5.74) is 2.46. The molecule has 1 aliphatic heterocycles. The second-order valence-electron chi connectivity index (χ2n) is 6.03. The highest BCUT2D eigenvalue weighted by molar-refractivity contribution is 6.14. The van der Waals surface area contributed by atoms with E-state index in [1.54, 1.807) is 38.1 Å². The fraction of sp³-hybridized carbons (Fsp3) is 0.200. The molecule has 0 N–H and O–H groups in total. The highest BCUT2D eigenvalue weighted by atomic mass is 16.5. The Labute approximate surface area is 140 Å². The number of aryl methyl sites for hydroxylation is 1. The van der Waals surface area contributed by atoms with Crippen molar-refractivity contribution in [2.45, 2.75) is 20.8 Å². The van der Waals surface area contributed by atoms with Crippen LogP contribution < -0.4 is 9.47 Å². The maximum absolute atomic E-state index is 12.5. The van der Waals surface area contributed by atoms with Crippen LogP contribution in [0.3, 0.4) is 0 Å². The van der Waals surface area contributed by atoms with Gasteiger partial charge in [-0.2, -0.15) is 0 Å². The van der Waals surface area contributed by atoms with Crippen LogP contribution in [0.15, 0.2) is 48.2 Å². The van der Waals surface area contributed by atoms with E-state index in [4.69, 9.17) is 9.47 Å². The van der Waals surface area contributed by atoms with Gasteiger partial charge in [-0.1, -0.05) is 38.1 Å². The van der Waals surface area contributed by atoms with Crippen molar-refractivity contribution in [2.24, 2.45) is 5.92 Å². The molecule has 0 fully saturated rings. The quantitative estimate of drug-likeness (QED) is 0.483. The van der Waals surface area contributed by atoms with Gasteiger partial charge in [0, 0.05) is 6.07 Å². The summed E-state index contributed by atoms with van der Waals surface area (Å²) in [6, 6.07) is 12.6. The molecule has 0 aromatic heterocycles. The van der Waals surface area contributed by atoms with Crippen LogP contribution in [-0.2, 0) is 4.79 Å². The van der Waals surface area contributed by atoms with Crippen molar-refractivity contribution in [1.82, 2.24) is 0 Å². The van der Waals surface area contributed by atoms with Crippen molar-refractivity contribution in [1.29, 1.82) is 0 Å². The highest BCUT2D eigenvalue weighted by Gasteiger charge is 2.28. The normalized spacial score (nSPS) is 14.7. The molecule has 3 rings (SSSR count). The van der Waals surface area contributed by atoms with Crippen molar-refractivity contribution in [3.05, 3.63) is 64.9 Å². The average molecular weight is 322 g/mol. The van der Waals surface area contributed by atoms with Gasteiger partial charge in [-0.05, 0) is 36.3 Å². The molecule has 0 spiro atoms. The Morgan fingerprint density at radius 2 is 1.92 bits per heavy atom. The lowest BCUT2D eigenvalue weighted by atomic mass is 10.1. The van der Waals surface area contributed by atoms with Gasteiger partial charge in [0.2, 0.25) is 5.78 Å². The summed E-state index contributed by atoms with van der Waals surface area (Å²) in [6.07, 6.45) is 1.73. The maximum Gasteiger partial charge on any atom is 0.313 e. The van der Waals surface area contributed by atoms with Gasteiger partial charge in [-0.15, -0.1) is 0 Å². The van der Waals surface area contributed by atoms with Crippen molar-refractivity contribution in [2.75, 3.05) is 0 Å². The van der Waals surface area contributed by atoms with Gasteiger partial charge in [-0.25, -0.2) is 0 Å². The van der Waals surface area contributed by atoms with Crippen LogP contribution in [0.5, 0.6) is 11.5 Å². The summed E-state index contributed by atoms with van der Waals surface area (Å²) >= 11 is 0. The minimum atomic E-state index is -0.324. The first-order valence-electron chi connectivity index (χ1n) is 7.81. The fourth-order valence-electron chi connectivity index (χ4n) is 2.35. The molecular weight excluding hydrogens is 304 g/mol. The largest absolute Gasteiger partial charge is 0.452 e. The summed E-state index contributed by atoms with van der Waals surface area (Å²) in [4.78, 5) is 24.1. The number of benzene rings is 2. The molecule has 1 heterocycles. The monoisotopic (exact) mass is 322 g/mol. The molecule has 2 aromatic rings. The van der Waals surface area contributed by atoms with Crippen LogP contribution in [0.4, 0.5) is 0 Å². The molecule has 1 aliphatic rings. The van der Waals surface area contributed by atoms with Gasteiger partial charge < -0.3 is 9.47 Å². The summed E-state index contributed by atoms with van der Waals surface area (Å²) in [5.74, 6) is 0.333. The van der Waals surface area contributed by atoms with E-state index in [2.05, 4.69) is 0 Å². The number of Topliss-reactive ketones (excluding diaryl/α,β-unsaturated/α-hetero) is 1. The Bertz CT molecular complexity index is 846. The molecule has 24 heavy (non-hydrogen) atoms. The summed E-state index contributed by atoms with van der Waals surface area (Å²) in [7, 11) is 0. The predicted molar refractivity (Wildman–Crippen MR) is 91.0 cm³/mol. The van der Waals surface area contributed by atoms with Crippen molar-refractivity contribution < 1.29 is 19.1 Å². The lowest BCUT2D eigenvalue weighted by Gasteiger charge is -2.07. The van der Waals surface area contributed by atoms with Crippen LogP contribution in [0.1, 0.15) is 35.3 Å². The molecule has 0 radical (unpaired) electrons. The van der Waals surface area contributed by atoms with Crippen molar-refractivity contribution in [3.8, 4) is 11.5 Å². The summed E-state index contributed by atoms with van der Waals surface area (Å²) in [6.45, 7) is 5.50. The molecule has 0 unspecified atom stereocenters. The number of ketones is 1. The first-order chi connectivity index (χ1) is 11.5. The van der Waals surface area contributed by atoms with Gasteiger partial charge in [-0.3, -0.25) is 9.59 Å². The van der Waals surface area contributed by atoms with E-state index in [9.17, 15) is 9.59 Å². The SMILES string of the molecule is Cc1ccccc1/C=C1/Oc2cc(OC(=O)C(C)C)ccc2C1=O. The number of rotatable bonds is 3. The first kappa shape index (κ1) is 16.0. The number of carbonyl (C=O) groups is 2. The van der Waals surface area contributed by atoms with Gasteiger partial charge in [0.25, 0.3) is 0 Å². The third kappa shape index (κ3) is 3.08. The Hall–Kier alpha value is -2.88. The number of ether oxygens (including phenoxy) is 2. The number of fused-ring (bicyclic) bond motifs is 1. The third-order valence-electron chi connectivity index (χ3n) is 3.81. The van der Waals surface area contributed by atoms with Gasteiger partial charge in [0.15, 0.2) is 5.76 Å². The Morgan fingerprint density at radius 1 is 1.17 bits per heavy atom. The molecule has 4 nitrogen and oxygen atoms in total. The van der Waals surface area contributed by atoms with E-state index in [0.717, 1.165) is 11.1 Å². The Morgan fingerprint density at radius 3 is 2.62 bits per heavy atom. The van der Waals surface area contributed by atoms with Crippen molar-refractivity contribution >= 4 is 17.8 Å². The number of hydrogen-bond acceptors (Lipinski definition) is 4. The molecule has 0 aliphatic carbocycles. The van der Waals surface area contributed by atoms with E-state index in [1.165, 1.54) is 0 Å². The smallest absolute Gasteiger partial charge is 0.313 e. The van der Waals surface area contributed by atoms with Crippen molar-refractivity contribution in [3.63, 3.8) is 0 Å². The first-order valence-corrected chi connectivity index (χ1v) is 7.81. The highest BCUT2D eigenvalue weighted by Crippen LogP contribution is 2.35. The average Bonchev–Trinajstić information content (AvgIpc) is 2.85. The van der Waals surface area contributed by atoms with Crippen LogP contribution in [0.2, 0.25) is 0 Å². The zero-order chi connectivity index (χ0) is 17.3. The lowest BCUT2D eigenvalue weighted by molar-refractivity contribution is -0.137. The molecule has 0 saturated heterocycles. The molecule has 0 bridgehead atoms. The predicted octanol–water partition coefficient (Wildman–Crippen LogP) is 4.17.